The minimum Gasteiger partial charge on any atom is -0.0991 e. The molecule has 2 aromatic carbocycles. The molecule has 0 spiro atoms. The van der Waals surface area contributed by atoms with E-state index in [9.17, 15) is 0 Å². The molecule has 2 rings (SSSR count). The van der Waals surface area contributed by atoms with Gasteiger partial charge in [0.2, 0.25) is 0 Å². The Kier molecular flexibility index (Phi) is 13.1. The van der Waals surface area contributed by atoms with Crippen LogP contribution in [0.5, 0.6) is 0 Å². The Labute approximate surface area is 135 Å². The van der Waals surface area contributed by atoms with E-state index in [0.717, 1.165) is 6.42 Å². The Morgan fingerprint density at radius 2 is 1.14 bits per heavy atom. The van der Waals surface area contributed by atoms with E-state index in [-0.39, 0.29) is 0 Å². The van der Waals surface area contributed by atoms with E-state index in [2.05, 4.69) is 32.7 Å². The normalized spacial score (nSPS) is 8.77. The predicted molar refractivity (Wildman–Crippen MR) is 103 cm³/mol. The lowest BCUT2D eigenvalue weighted by Crippen LogP contribution is -1.63. The van der Waals surface area contributed by atoms with Crippen molar-refractivity contribution in [2.24, 2.45) is 0 Å². The van der Waals surface area contributed by atoms with E-state index in [4.69, 9.17) is 0 Å². The zero-order valence-corrected chi connectivity index (χ0v) is 13.5. The van der Waals surface area contributed by atoms with Crippen LogP contribution in [0.3, 0.4) is 0 Å². The molecule has 0 amide bonds. The van der Waals surface area contributed by atoms with Crippen LogP contribution in [0.2, 0.25) is 0 Å². The molecule has 0 saturated carbocycles. The lowest BCUT2D eigenvalue weighted by Gasteiger charge is -1.85. The van der Waals surface area contributed by atoms with Gasteiger partial charge in [-0.1, -0.05) is 118 Å². The molecule has 22 heavy (non-hydrogen) atoms. The molecule has 2 aromatic rings. The van der Waals surface area contributed by atoms with Gasteiger partial charge in [0, 0.05) is 0 Å². The molecule has 0 N–H and O–H groups in total. The largest absolute Gasteiger partial charge is 0.0991 e. The first kappa shape index (κ1) is 19.4. The molecule has 0 aromatic heterocycles. The van der Waals surface area contributed by atoms with Gasteiger partial charge in [0.05, 0.1) is 0 Å². The van der Waals surface area contributed by atoms with E-state index in [1.165, 1.54) is 11.1 Å². The van der Waals surface area contributed by atoms with Gasteiger partial charge in [-0.05, 0) is 17.5 Å². The van der Waals surface area contributed by atoms with Gasteiger partial charge in [-0.25, -0.2) is 0 Å². The molecule has 0 nitrogen and oxygen atoms in total. The topological polar surface area (TPSA) is 0 Å². The molecule has 0 radical (unpaired) electrons. The fourth-order valence-electron chi connectivity index (χ4n) is 1.41. The molecule has 0 heterocycles. The van der Waals surface area contributed by atoms with Crippen LogP contribution in [0.25, 0.3) is 12.2 Å². The van der Waals surface area contributed by atoms with Crippen LogP contribution >= 0.6 is 0 Å². The zero-order chi connectivity index (χ0) is 16.5. The molecule has 0 bridgehead atoms. The molecule has 114 valence electrons. The molecule has 0 aliphatic heterocycles. The van der Waals surface area contributed by atoms with Gasteiger partial charge >= 0.3 is 0 Å². The molecular formula is C22H26. The van der Waals surface area contributed by atoms with Crippen molar-refractivity contribution < 1.29 is 0 Å². The van der Waals surface area contributed by atoms with Crippen LogP contribution in [0.1, 0.15) is 24.5 Å². The second-order valence-corrected chi connectivity index (χ2v) is 4.30. The van der Waals surface area contributed by atoms with Crippen molar-refractivity contribution in [2.75, 3.05) is 0 Å². The average Bonchev–Trinajstić information content (AvgIpc) is 2.62. The first-order chi connectivity index (χ1) is 10.8. The average molecular weight is 290 g/mol. The van der Waals surface area contributed by atoms with Gasteiger partial charge in [-0.2, -0.15) is 0 Å². The Morgan fingerprint density at radius 3 is 1.32 bits per heavy atom. The van der Waals surface area contributed by atoms with Crippen molar-refractivity contribution in [3.8, 4) is 0 Å². The van der Waals surface area contributed by atoms with Crippen molar-refractivity contribution in [3.05, 3.63) is 110 Å². The summed E-state index contributed by atoms with van der Waals surface area (Å²) in [5.41, 5.74) is 2.35. The summed E-state index contributed by atoms with van der Waals surface area (Å²) in [5, 5.41) is 0. The molecular weight excluding hydrogens is 264 g/mol. The summed E-state index contributed by atoms with van der Waals surface area (Å²) in [7, 11) is 0. The van der Waals surface area contributed by atoms with Crippen LogP contribution in [0.4, 0.5) is 0 Å². The minimum atomic E-state index is 1.10. The van der Waals surface area contributed by atoms with Crippen molar-refractivity contribution in [3.63, 3.8) is 0 Å². The van der Waals surface area contributed by atoms with Crippen LogP contribution in [-0.2, 0) is 0 Å². The van der Waals surface area contributed by atoms with Gasteiger partial charge in [0.15, 0.2) is 0 Å². The fraction of sp³-hybridized carbons (Fsp3) is 0.0909. The van der Waals surface area contributed by atoms with E-state index in [1.807, 2.05) is 78.9 Å². The first-order valence-corrected chi connectivity index (χ1v) is 7.41. The highest BCUT2D eigenvalue weighted by atomic mass is 13.8. The SMILES string of the molecule is C=CC=CCC.C=Cc1ccccc1.C=Cc1ccccc1. The van der Waals surface area contributed by atoms with Gasteiger partial charge in [0.1, 0.15) is 0 Å². The van der Waals surface area contributed by atoms with E-state index in [0.29, 0.717) is 0 Å². The first-order valence-electron chi connectivity index (χ1n) is 7.41. The van der Waals surface area contributed by atoms with Gasteiger partial charge < -0.3 is 0 Å². The third-order valence-corrected chi connectivity index (χ3v) is 2.58. The number of hydrogen-bond donors (Lipinski definition) is 0. The van der Waals surface area contributed by atoms with Crippen LogP contribution in [0, 0.1) is 0 Å². The standard InChI is InChI=1S/2C8H8.C6H10/c2*1-2-8-6-4-3-5-7-8;1-3-5-6-4-2/h2*2-7H,1H2;3,5-6H,1,4H2,2H3. The molecule has 0 aliphatic carbocycles. The summed E-state index contributed by atoms with van der Waals surface area (Å²) in [4.78, 5) is 0. The molecule has 0 atom stereocenters. The summed E-state index contributed by atoms with van der Waals surface area (Å²) in [6, 6.07) is 20.1. The van der Waals surface area contributed by atoms with Crippen molar-refractivity contribution in [2.45, 2.75) is 13.3 Å². The molecule has 0 aliphatic rings. The van der Waals surface area contributed by atoms with Crippen LogP contribution < -0.4 is 0 Å². The minimum absolute atomic E-state index is 1.10. The van der Waals surface area contributed by atoms with Gasteiger partial charge in [-0.15, -0.1) is 0 Å². The Bertz CT molecular complexity index is 489. The summed E-state index contributed by atoms with van der Waals surface area (Å²) >= 11 is 0. The number of allylic oxidation sites excluding steroid dienone is 3. The van der Waals surface area contributed by atoms with Gasteiger partial charge in [-0.3, -0.25) is 0 Å². The quantitative estimate of drug-likeness (QED) is 0.543. The Balaban J connectivity index is 0.000000306. The molecule has 0 fully saturated rings. The summed E-state index contributed by atoms with van der Waals surface area (Å²) in [6.07, 6.45) is 10.6. The lowest BCUT2D eigenvalue weighted by atomic mass is 10.2. The third kappa shape index (κ3) is 11.2. The van der Waals surface area contributed by atoms with Gasteiger partial charge in [0.25, 0.3) is 0 Å². The summed E-state index contributed by atoms with van der Waals surface area (Å²) in [6.45, 7) is 12.9. The molecule has 0 saturated heterocycles. The smallest absolute Gasteiger partial charge is 0.0263 e. The monoisotopic (exact) mass is 290 g/mol. The number of benzene rings is 2. The third-order valence-electron chi connectivity index (χ3n) is 2.58. The van der Waals surface area contributed by atoms with Crippen LogP contribution in [-0.4, -0.2) is 0 Å². The number of rotatable bonds is 4. The summed E-state index contributed by atoms with van der Waals surface area (Å²) in [5.74, 6) is 0. The number of hydrogen-bond acceptors (Lipinski definition) is 0. The maximum atomic E-state index is 3.63. The summed E-state index contributed by atoms with van der Waals surface area (Å²) < 4.78 is 0. The fourth-order valence-corrected chi connectivity index (χ4v) is 1.41. The second kappa shape index (κ2) is 14.8. The highest BCUT2D eigenvalue weighted by molar-refractivity contribution is 5.46. The Hall–Kier alpha value is -2.60. The van der Waals surface area contributed by atoms with E-state index >= 15 is 0 Å². The second-order valence-electron chi connectivity index (χ2n) is 4.30. The Morgan fingerprint density at radius 1 is 0.727 bits per heavy atom. The molecule has 0 heteroatoms. The maximum absolute atomic E-state index is 3.63. The van der Waals surface area contributed by atoms with Crippen molar-refractivity contribution in [1.29, 1.82) is 0 Å². The van der Waals surface area contributed by atoms with E-state index in [1.54, 1.807) is 6.08 Å². The lowest BCUT2D eigenvalue weighted by molar-refractivity contribution is 1.22. The molecule has 0 unspecified atom stereocenters. The zero-order valence-electron chi connectivity index (χ0n) is 13.5. The van der Waals surface area contributed by atoms with E-state index < -0.39 is 0 Å². The predicted octanol–water partition coefficient (Wildman–Crippen LogP) is 6.80. The van der Waals surface area contributed by atoms with Crippen LogP contribution in [0.15, 0.2) is 98.6 Å². The van der Waals surface area contributed by atoms with Crippen molar-refractivity contribution in [1.82, 2.24) is 0 Å². The highest BCUT2D eigenvalue weighted by Gasteiger charge is 1.76. The maximum Gasteiger partial charge on any atom is -0.0263 e. The van der Waals surface area contributed by atoms with Crippen molar-refractivity contribution >= 4 is 12.2 Å². The highest BCUT2D eigenvalue weighted by Crippen LogP contribution is 1.98.